The maximum atomic E-state index is 11.3. The fourth-order valence-corrected chi connectivity index (χ4v) is 6.09. The van der Waals surface area contributed by atoms with Crippen molar-refractivity contribution in [3.05, 3.63) is 41.7 Å². The highest BCUT2D eigenvalue weighted by Crippen LogP contribution is 2.40. The number of aromatic nitrogens is 2. The monoisotopic (exact) mass is 561 g/mol. The second-order valence-corrected chi connectivity index (χ2v) is 12.4. The first-order valence-electron chi connectivity index (χ1n) is 15.1. The molecule has 2 aliphatic carbocycles. The minimum absolute atomic E-state index is 0.134. The van der Waals surface area contributed by atoms with Crippen LogP contribution in [0.3, 0.4) is 0 Å². The number of rotatable bonds is 12. The standard InChI is InChI=1S/C32H43N5O4/c1-22-18-34-26(16-24-6-8-25(9-7-24)36-23(2)19-41-32(10-11-32)30(38)39)17-27(22)28-4-3-5-29(37-28)35-21-31(20-33)12-14-40-15-13-31/h3-5,17-18,23-25,36H,6-16,19,21H2,1-2H3,(H,35,37)(H,38,39)/t23-,24?,25?/m1/s1. The summed E-state index contributed by atoms with van der Waals surface area (Å²) >= 11 is 0. The minimum Gasteiger partial charge on any atom is -0.479 e. The van der Waals surface area contributed by atoms with Gasteiger partial charge in [0, 0.05) is 49.3 Å². The van der Waals surface area contributed by atoms with Crippen LogP contribution in [0.25, 0.3) is 11.3 Å². The maximum absolute atomic E-state index is 11.3. The molecule has 0 unspecified atom stereocenters. The third-order valence-corrected chi connectivity index (χ3v) is 9.05. The molecule has 1 atom stereocenters. The first kappa shape index (κ1) is 29.4. The zero-order chi connectivity index (χ0) is 28.9. The minimum atomic E-state index is -0.925. The number of nitrogens with zero attached hydrogens (tertiary/aromatic N) is 3. The normalized spacial score (nSPS) is 23.7. The molecule has 3 N–H and O–H groups in total. The van der Waals surface area contributed by atoms with Gasteiger partial charge in [0.15, 0.2) is 5.60 Å². The number of hydrogen-bond acceptors (Lipinski definition) is 8. The lowest BCUT2D eigenvalue weighted by Crippen LogP contribution is -2.43. The lowest BCUT2D eigenvalue weighted by molar-refractivity contribution is -0.154. The highest BCUT2D eigenvalue weighted by atomic mass is 16.5. The predicted molar refractivity (Wildman–Crippen MR) is 156 cm³/mol. The van der Waals surface area contributed by atoms with Crippen molar-refractivity contribution in [1.29, 1.82) is 5.26 Å². The van der Waals surface area contributed by atoms with Crippen LogP contribution in [0, 0.1) is 29.6 Å². The highest BCUT2D eigenvalue weighted by molar-refractivity contribution is 5.80. The molecule has 1 saturated heterocycles. The van der Waals surface area contributed by atoms with E-state index in [0.717, 1.165) is 73.3 Å². The van der Waals surface area contributed by atoms with E-state index >= 15 is 0 Å². The molecular formula is C32H43N5O4. The van der Waals surface area contributed by atoms with Crippen LogP contribution in [0.15, 0.2) is 30.5 Å². The number of pyridine rings is 2. The molecule has 0 aromatic carbocycles. The van der Waals surface area contributed by atoms with Gasteiger partial charge in [-0.15, -0.1) is 0 Å². The summed E-state index contributed by atoms with van der Waals surface area (Å²) in [5, 5.41) is 26.1. The van der Waals surface area contributed by atoms with Gasteiger partial charge in [-0.25, -0.2) is 9.78 Å². The SMILES string of the molecule is Cc1cnc(CC2CCC(N[C@H](C)COC3(C(=O)O)CC3)CC2)cc1-c1cccc(NCC2(C#N)CCOCC2)n1. The summed E-state index contributed by atoms with van der Waals surface area (Å²) in [7, 11) is 0. The number of aliphatic carboxylic acids is 1. The molecule has 9 nitrogen and oxygen atoms in total. The predicted octanol–water partition coefficient (Wildman–Crippen LogP) is 4.90. The van der Waals surface area contributed by atoms with Gasteiger partial charge in [-0.2, -0.15) is 5.26 Å². The van der Waals surface area contributed by atoms with Gasteiger partial charge >= 0.3 is 5.97 Å². The largest absolute Gasteiger partial charge is 0.479 e. The summed E-state index contributed by atoms with van der Waals surface area (Å²) in [5.41, 5.74) is 2.86. The number of ether oxygens (including phenoxy) is 2. The first-order chi connectivity index (χ1) is 19.8. The molecule has 0 spiro atoms. The molecule has 3 fully saturated rings. The lowest BCUT2D eigenvalue weighted by Gasteiger charge is -2.31. The average Bonchev–Trinajstić information content (AvgIpc) is 3.79. The molecule has 1 aliphatic heterocycles. The molecule has 5 rings (SSSR count). The van der Waals surface area contributed by atoms with E-state index in [2.05, 4.69) is 36.6 Å². The van der Waals surface area contributed by atoms with Crippen molar-refractivity contribution in [3.8, 4) is 17.3 Å². The molecular weight excluding hydrogens is 518 g/mol. The summed E-state index contributed by atoms with van der Waals surface area (Å²) in [6.07, 6.45) is 10.1. The van der Waals surface area contributed by atoms with Crippen molar-refractivity contribution in [2.24, 2.45) is 11.3 Å². The second-order valence-electron chi connectivity index (χ2n) is 12.4. The Morgan fingerprint density at radius 1 is 1.22 bits per heavy atom. The smallest absolute Gasteiger partial charge is 0.335 e. The van der Waals surface area contributed by atoms with Crippen molar-refractivity contribution in [2.45, 2.75) is 89.3 Å². The number of carboxylic acids is 1. The molecule has 2 aromatic rings. The van der Waals surface area contributed by atoms with Crippen LogP contribution in [-0.2, 0) is 20.7 Å². The van der Waals surface area contributed by atoms with Crippen LogP contribution >= 0.6 is 0 Å². The first-order valence-corrected chi connectivity index (χ1v) is 15.1. The van der Waals surface area contributed by atoms with E-state index in [1.54, 1.807) is 0 Å². The fourth-order valence-electron chi connectivity index (χ4n) is 6.09. The van der Waals surface area contributed by atoms with Gasteiger partial charge in [-0.05, 0) is 101 Å². The van der Waals surface area contributed by atoms with E-state index in [4.69, 9.17) is 19.4 Å². The molecule has 3 aliphatic rings. The lowest BCUT2D eigenvalue weighted by atomic mass is 9.82. The number of carboxylic acid groups (broad SMARTS) is 1. The van der Waals surface area contributed by atoms with Gasteiger partial charge in [0.1, 0.15) is 5.82 Å². The van der Waals surface area contributed by atoms with Gasteiger partial charge in [0.05, 0.1) is 23.8 Å². The summed E-state index contributed by atoms with van der Waals surface area (Å²) in [6, 6.07) is 11.3. The van der Waals surface area contributed by atoms with Crippen molar-refractivity contribution >= 4 is 11.8 Å². The molecule has 0 radical (unpaired) electrons. The van der Waals surface area contributed by atoms with Crippen molar-refractivity contribution in [1.82, 2.24) is 15.3 Å². The molecule has 3 heterocycles. The quantitative estimate of drug-likeness (QED) is 0.331. The molecule has 9 heteroatoms. The van der Waals surface area contributed by atoms with Crippen LogP contribution in [0.2, 0.25) is 0 Å². The van der Waals surface area contributed by atoms with Crippen LogP contribution in [0.1, 0.15) is 69.5 Å². The van der Waals surface area contributed by atoms with Gasteiger partial charge < -0.3 is 25.2 Å². The zero-order valence-electron chi connectivity index (χ0n) is 24.3. The van der Waals surface area contributed by atoms with Gasteiger partial charge in [0.25, 0.3) is 0 Å². The Labute approximate surface area is 243 Å². The van der Waals surface area contributed by atoms with E-state index < -0.39 is 17.0 Å². The third kappa shape index (κ3) is 7.42. The van der Waals surface area contributed by atoms with Crippen LogP contribution < -0.4 is 10.6 Å². The molecule has 2 saturated carbocycles. The molecule has 2 aromatic heterocycles. The number of anilines is 1. The van der Waals surface area contributed by atoms with E-state index in [9.17, 15) is 15.2 Å². The van der Waals surface area contributed by atoms with Crippen molar-refractivity contribution in [2.75, 3.05) is 31.7 Å². The van der Waals surface area contributed by atoms with E-state index in [-0.39, 0.29) is 6.04 Å². The number of hydrogen-bond donors (Lipinski definition) is 3. The van der Waals surface area contributed by atoms with Gasteiger partial charge in [-0.3, -0.25) is 4.98 Å². The molecule has 41 heavy (non-hydrogen) atoms. The van der Waals surface area contributed by atoms with E-state index in [0.29, 0.717) is 51.2 Å². The van der Waals surface area contributed by atoms with Gasteiger partial charge in [0.2, 0.25) is 0 Å². The molecule has 0 bridgehead atoms. The van der Waals surface area contributed by atoms with Crippen LogP contribution in [0.5, 0.6) is 0 Å². The number of carbonyl (C=O) groups is 1. The Morgan fingerprint density at radius 3 is 2.66 bits per heavy atom. The van der Waals surface area contributed by atoms with Gasteiger partial charge in [-0.1, -0.05) is 6.07 Å². The summed E-state index contributed by atoms with van der Waals surface area (Å²) < 4.78 is 11.2. The number of nitrogens with one attached hydrogen (secondary N) is 2. The second kappa shape index (κ2) is 12.8. The maximum Gasteiger partial charge on any atom is 0.335 e. The third-order valence-electron chi connectivity index (χ3n) is 9.05. The Hall–Kier alpha value is -3.06. The number of aryl methyl sites for hydroxylation is 1. The molecule has 220 valence electrons. The van der Waals surface area contributed by atoms with Crippen LogP contribution in [0.4, 0.5) is 5.82 Å². The Kier molecular flexibility index (Phi) is 9.22. The fraction of sp³-hybridized carbons (Fsp3) is 0.625. The topological polar surface area (TPSA) is 129 Å². The van der Waals surface area contributed by atoms with E-state index in [1.165, 1.54) is 0 Å². The Morgan fingerprint density at radius 2 is 1.98 bits per heavy atom. The van der Waals surface area contributed by atoms with Crippen LogP contribution in [-0.4, -0.2) is 65.1 Å². The van der Waals surface area contributed by atoms with Crippen molar-refractivity contribution in [3.63, 3.8) is 0 Å². The van der Waals surface area contributed by atoms with Crippen molar-refractivity contribution < 1.29 is 19.4 Å². The van der Waals surface area contributed by atoms with E-state index in [1.807, 2.05) is 24.4 Å². The average molecular weight is 562 g/mol. The Balaban J connectivity index is 1.13. The summed E-state index contributed by atoms with van der Waals surface area (Å²) in [4.78, 5) is 21.0. The summed E-state index contributed by atoms with van der Waals surface area (Å²) in [6.45, 7) is 6.40. The zero-order valence-corrected chi connectivity index (χ0v) is 24.3. The highest BCUT2D eigenvalue weighted by Gasteiger charge is 2.52. The molecule has 0 amide bonds. The summed E-state index contributed by atoms with van der Waals surface area (Å²) in [5.74, 6) is 0.534. The Bertz CT molecular complexity index is 1240. The number of nitriles is 1.